The van der Waals surface area contributed by atoms with Crippen LogP contribution in [0.5, 0.6) is 5.75 Å². The molecule has 0 spiro atoms. The van der Waals surface area contributed by atoms with Gasteiger partial charge in [0.1, 0.15) is 5.75 Å². The van der Waals surface area contributed by atoms with Crippen LogP contribution in [0, 0.1) is 12.8 Å². The molecule has 5 rings (SSSR count). The van der Waals surface area contributed by atoms with Gasteiger partial charge in [-0.05, 0) is 43.7 Å². The fraction of sp³-hybridized carbons (Fsp3) is 0.207. The molecule has 35 heavy (non-hydrogen) atoms. The SMILES string of the molecule is COc1ccccc1C1C(C(=O)Nc2cccc3cccnc23)CCC(=O)N1c1ccc(C)cc1. The number of benzene rings is 3. The molecular formula is C29H27N3O3. The molecule has 1 aliphatic rings. The molecular weight excluding hydrogens is 438 g/mol. The van der Waals surface area contributed by atoms with E-state index < -0.39 is 12.0 Å². The van der Waals surface area contributed by atoms with E-state index in [2.05, 4.69) is 10.3 Å². The highest BCUT2D eigenvalue weighted by molar-refractivity contribution is 6.04. The maximum absolute atomic E-state index is 13.8. The number of hydrogen-bond acceptors (Lipinski definition) is 4. The minimum atomic E-state index is -0.516. The highest BCUT2D eigenvalue weighted by Crippen LogP contribution is 2.43. The molecule has 0 radical (unpaired) electrons. The Morgan fingerprint density at radius 2 is 1.77 bits per heavy atom. The molecule has 3 aromatic carbocycles. The summed E-state index contributed by atoms with van der Waals surface area (Å²) in [5.74, 6) is 0.00233. The number of para-hydroxylation sites is 2. The molecule has 1 aromatic heterocycles. The summed E-state index contributed by atoms with van der Waals surface area (Å²) in [6.07, 6.45) is 2.44. The van der Waals surface area contributed by atoms with Crippen LogP contribution < -0.4 is 15.0 Å². The lowest BCUT2D eigenvalue weighted by Crippen LogP contribution is -2.47. The van der Waals surface area contributed by atoms with Crippen LogP contribution in [0.3, 0.4) is 0 Å². The summed E-state index contributed by atoms with van der Waals surface area (Å²) in [7, 11) is 1.61. The van der Waals surface area contributed by atoms with E-state index in [1.54, 1.807) is 18.2 Å². The topological polar surface area (TPSA) is 71.5 Å². The number of nitrogens with zero attached hydrogens (tertiary/aromatic N) is 2. The number of anilines is 2. The molecule has 2 amide bonds. The summed E-state index contributed by atoms with van der Waals surface area (Å²) in [4.78, 5) is 33.3. The van der Waals surface area contributed by atoms with Crippen molar-refractivity contribution in [1.82, 2.24) is 4.98 Å². The van der Waals surface area contributed by atoms with Gasteiger partial charge >= 0.3 is 0 Å². The zero-order valence-corrected chi connectivity index (χ0v) is 19.8. The molecule has 176 valence electrons. The van der Waals surface area contributed by atoms with Crippen molar-refractivity contribution in [3.63, 3.8) is 0 Å². The van der Waals surface area contributed by atoms with E-state index in [-0.39, 0.29) is 18.2 Å². The largest absolute Gasteiger partial charge is 0.496 e. The number of methoxy groups -OCH3 is 1. The molecule has 1 N–H and O–H groups in total. The molecule has 0 bridgehead atoms. The summed E-state index contributed by atoms with van der Waals surface area (Å²) in [6.45, 7) is 2.01. The quantitative estimate of drug-likeness (QED) is 0.412. The number of nitrogens with one attached hydrogen (secondary N) is 1. The van der Waals surface area contributed by atoms with Crippen molar-refractivity contribution >= 4 is 34.1 Å². The molecule has 6 nitrogen and oxygen atoms in total. The Morgan fingerprint density at radius 3 is 2.57 bits per heavy atom. The van der Waals surface area contributed by atoms with Crippen LogP contribution in [0.15, 0.2) is 85.1 Å². The van der Waals surface area contributed by atoms with E-state index in [9.17, 15) is 9.59 Å². The molecule has 6 heteroatoms. The summed E-state index contributed by atoms with van der Waals surface area (Å²) in [6, 6.07) is 24.5. The van der Waals surface area contributed by atoms with E-state index in [4.69, 9.17) is 4.74 Å². The van der Waals surface area contributed by atoms with Gasteiger partial charge in [-0.25, -0.2) is 0 Å². The number of hydrogen-bond donors (Lipinski definition) is 1. The minimum absolute atomic E-state index is 0.0133. The first-order valence-electron chi connectivity index (χ1n) is 11.7. The standard InChI is InChI=1S/C29H27N3O3/c1-19-12-14-21(15-13-19)32-26(33)17-16-23(28(32)22-9-3-4-11-25(22)35-2)29(34)31-24-10-5-7-20-8-6-18-30-27(20)24/h3-15,18,23,28H,16-17H2,1-2H3,(H,31,34). The third kappa shape index (κ3) is 4.35. The van der Waals surface area contributed by atoms with E-state index in [0.717, 1.165) is 27.7 Å². The zero-order chi connectivity index (χ0) is 24.4. The lowest BCUT2D eigenvalue weighted by atomic mass is 9.82. The van der Waals surface area contributed by atoms with E-state index in [1.165, 1.54) is 0 Å². The van der Waals surface area contributed by atoms with Crippen LogP contribution in [0.2, 0.25) is 0 Å². The zero-order valence-electron chi connectivity index (χ0n) is 19.8. The van der Waals surface area contributed by atoms with E-state index in [1.807, 2.05) is 85.8 Å². The highest BCUT2D eigenvalue weighted by atomic mass is 16.5. The van der Waals surface area contributed by atoms with Crippen LogP contribution in [-0.4, -0.2) is 23.9 Å². The summed E-state index contributed by atoms with van der Waals surface area (Å²) in [5.41, 5.74) is 4.07. The summed E-state index contributed by atoms with van der Waals surface area (Å²) < 4.78 is 5.66. The van der Waals surface area contributed by atoms with Gasteiger partial charge in [0.05, 0.1) is 30.3 Å². The third-order valence-electron chi connectivity index (χ3n) is 6.59. The first kappa shape index (κ1) is 22.6. The molecule has 2 atom stereocenters. The van der Waals surface area contributed by atoms with Crippen molar-refractivity contribution in [3.8, 4) is 5.75 Å². The Balaban J connectivity index is 1.58. The summed E-state index contributed by atoms with van der Waals surface area (Å²) >= 11 is 0. The van der Waals surface area contributed by atoms with Crippen LogP contribution in [0.1, 0.15) is 30.0 Å². The highest BCUT2D eigenvalue weighted by Gasteiger charge is 2.42. The number of ether oxygens (including phenoxy) is 1. The maximum Gasteiger partial charge on any atom is 0.230 e. The Labute approximate surface area is 204 Å². The van der Waals surface area contributed by atoms with Crippen molar-refractivity contribution < 1.29 is 14.3 Å². The van der Waals surface area contributed by atoms with Crippen LogP contribution in [0.25, 0.3) is 10.9 Å². The first-order chi connectivity index (χ1) is 17.1. The van der Waals surface area contributed by atoms with Gasteiger partial charge in [0.2, 0.25) is 11.8 Å². The van der Waals surface area contributed by atoms with Crippen molar-refractivity contribution in [2.24, 2.45) is 5.92 Å². The van der Waals surface area contributed by atoms with Gasteiger partial charge in [-0.1, -0.05) is 54.1 Å². The van der Waals surface area contributed by atoms with E-state index >= 15 is 0 Å². The minimum Gasteiger partial charge on any atom is -0.496 e. The van der Waals surface area contributed by atoms with Crippen molar-refractivity contribution in [3.05, 3.63) is 96.2 Å². The van der Waals surface area contributed by atoms with Crippen LogP contribution >= 0.6 is 0 Å². The van der Waals surface area contributed by atoms with E-state index in [0.29, 0.717) is 17.9 Å². The van der Waals surface area contributed by atoms with Gasteiger partial charge in [-0.15, -0.1) is 0 Å². The molecule has 1 saturated heterocycles. The van der Waals surface area contributed by atoms with Gasteiger partial charge in [0, 0.05) is 29.3 Å². The molecule has 0 saturated carbocycles. The number of carbonyl (C=O) groups excluding carboxylic acids is 2. The van der Waals surface area contributed by atoms with Gasteiger partial charge in [-0.2, -0.15) is 0 Å². The summed E-state index contributed by atoms with van der Waals surface area (Å²) in [5, 5.41) is 4.06. The number of carbonyl (C=O) groups is 2. The molecule has 2 heterocycles. The number of aromatic nitrogens is 1. The number of rotatable bonds is 5. The fourth-order valence-corrected chi connectivity index (χ4v) is 4.87. The predicted molar refractivity (Wildman–Crippen MR) is 137 cm³/mol. The maximum atomic E-state index is 13.8. The lowest BCUT2D eigenvalue weighted by Gasteiger charge is -2.41. The number of piperidine rings is 1. The van der Waals surface area contributed by atoms with Gasteiger partial charge in [0.25, 0.3) is 0 Å². The Morgan fingerprint density at radius 1 is 1.00 bits per heavy atom. The van der Waals surface area contributed by atoms with Crippen molar-refractivity contribution in [2.75, 3.05) is 17.3 Å². The normalized spacial score (nSPS) is 17.9. The van der Waals surface area contributed by atoms with Gasteiger partial charge < -0.3 is 15.0 Å². The Kier molecular flexibility index (Phi) is 6.19. The Bertz CT molecular complexity index is 1380. The van der Waals surface area contributed by atoms with Crippen LogP contribution in [0.4, 0.5) is 11.4 Å². The van der Waals surface area contributed by atoms with Crippen molar-refractivity contribution in [1.29, 1.82) is 0 Å². The average molecular weight is 466 g/mol. The monoisotopic (exact) mass is 465 g/mol. The molecule has 4 aromatic rings. The number of pyridine rings is 1. The molecule has 1 aliphatic heterocycles. The molecule has 2 unspecified atom stereocenters. The first-order valence-corrected chi connectivity index (χ1v) is 11.7. The van der Waals surface area contributed by atoms with Gasteiger partial charge in [-0.3, -0.25) is 14.6 Å². The smallest absolute Gasteiger partial charge is 0.230 e. The van der Waals surface area contributed by atoms with Crippen LogP contribution in [-0.2, 0) is 9.59 Å². The van der Waals surface area contributed by atoms with Gasteiger partial charge in [0.15, 0.2) is 0 Å². The second-order valence-corrected chi connectivity index (χ2v) is 8.80. The second kappa shape index (κ2) is 9.58. The third-order valence-corrected chi connectivity index (χ3v) is 6.59. The molecule has 1 fully saturated rings. The lowest BCUT2D eigenvalue weighted by molar-refractivity contribution is -0.125. The fourth-order valence-electron chi connectivity index (χ4n) is 4.87. The average Bonchev–Trinajstić information content (AvgIpc) is 2.89. The van der Waals surface area contributed by atoms with Crippen molar-refractivity contribution in [2.45, 2.75) is 25.8 Å². The second-order valence-electron chi connectivity index (χ2n) is 8.80. The number of amides is 2. The molecule has 0 aliphatic carbocycles. The predicted octanol–water partition coefficient (Wildman–Crippen LogP) is 5.67. The number of fused-ring (bicyclic) bond motifs is 1. The number of aryl methyl sites for hydroxylation is 1. The Hall–Kier alpha value is -4.19.